The predicted molar refractivity (Wildman–Crippen MR) is 65.0 cm³/mol. The van der Waals surface area contributed by atoms with E-state index in [1.807, 2.05) is 6.92 Å². The molecule has 0 saturated heterocycles. The van der Waals surface area contributed by atoms with Crippen LogP contribution < -0.4 is 0 Å². The third kappa shape index (κ3) is 2.14. The van der Waals surface area contributed by atoms with E-state index in [0.717, 1.165) is 0 Å². The number of aliphatic hydroxyl groups is 1. The molecule has 1 aromatic rings. The highest BCUT2D eigenvalue weighted by Gasteiger charge is 2.39. The van der Waals surface area contributed by atoms with Crippen molar-refractivity contribution in [3.63, 3.8) is 0 Å². The van der Waals surface area contributed by atoms with E-state index in [0.29, 0.717) is 18.3 Å². The van der Waals surface area contributed by atoms with Crippen molar-refractivity contribution >= 4 is 0 Å². The minimum Gasteiger partial charge on any atom is -0.392 e. The third-order valence-corrected chi connectivity index (χ3v) is 4.58. The van der Waals surface area contributed by atoms with Gasteiger partial charge in [-0.2, -0.15) is 4.39 Å². The Hall–Kier alpha value is -1.03. The maximum absolute atomic E-state index is 13.8. The van der Waals surface area contributed by atoms with Crippen LogP contribution >= 0.6 is 0 Å². The summed E-state index contributed by atoms with van der Waals surface area (Å²) in [5, 5.41) is 10.3. The normalized spacial score (nSPS) is 36.7. The zero-order valence-corrected chi connectivity index (χ0v) is 10.9. The molecule has 1 aliphatic carbocycles. The van der Waals surface area contributed by atoms with E-state index in [2.05, 4.69) is 18.8 Å². The lowest BCUT2D eigenvalue weighted by Gasteiger charge is -2.41. The predicted octanol–water partition coefficient (Wildman–Crippen LogP) is 3.12. The maximum Gasteiger partial charge on any atom is 0.249 e. The minimum absolute atomic E-state index is 0.0781. The highest BCUT2D eigenvalue weighted by atomic mass is 19.2. The lowest BCUT2D eigenvalue weighted by molar-refractivity contribution is 0.00257. The number of aliphatic hydroxyl groups excluding tert-OH is 1. The Morgan fingerprint density at radius 3 is 2.56 bits per heavy atom. The number of rotatable bonds is 1. The quantitative estimate of drug-likeness (QED) is 0.782. The second-order valence-corrected chi connectivity index (χ2v) is 5.53. The van der Waals surface area contributed by atoms with Gasteiger partial charge < -0.3 is 5.11 Å². The number of halogens is 2. The SMILES string of the molecule is CC1CC(c2ccnc(F)c2F)C(O)[C@@H](C)C1C. The average Bonchev–Trinajstić information content (AvgIpc) is 2.35. The fourth-order valence-electron chi connectivity index (χ4n) is 2.98. The number of hydrogen-bond acceptors (Lipinski definition) is 2. The lowest BCUT2D eigenvalue weighted by atomic mass is 9.66. The van der Waals surface area contributed by atoms with Crippen LogP contribution in [0.4, 0.5) is 8.78 Å². The smallest absolute Gasteiger partial charge is 0.249 e. The van der Waals surface area contributed by atoms with E-state index < -0.39 is 17.9 Å². The van der Waals surface area contributed by atoms with Crippen LogP contribution in [0.2, 0.25) is 0 Å². The summed E-state index contributed by atoms with van der Waals surface area (Å²) in [6, 6.07) is 1.47. The summed E-state index contributed by atoms with van der Waals surface area (Å²) in [7, 11) is 0. The molecule has 4 heteroatoms. The van der Waals surface area contributed by atoms with Gasteiger partial charge in [0, 0.05) is 12.1 Å². The summed E-state index contributed by atoms with van der Waals surface area (Å²) in [5.41, 5.74) is 0.251. The molecule has 100 valence electrons. The molecule has 0 amide bonds. The Bertz CT molecular complexity index is 438. The van der Waals surface area contributed by atoms with E-state index >= 15 is 0 Å². The molecule has 18 heavy (non-hydrogen) atoms. The van der Waals surface area contributed by atoms with Gasteiger partial charge >= 0.3 is 0 Å². The molecule has 5 atom stereocenters. The molecule has 0 aliphatic heterocycles. The van der Waals surface area contributed by atoms with Crippen LogP contribution in [0.15, 0.2) is 12.3 Å². The third-order valence-electron chi connectivity index (χ3n) is 4.58. The standard InChI is InChI=1S/C14H19F2NO/c1-7-6-11(13(18)9(3)8(7)2)10-4-5-17-14(16)12(10)15/h4-5,7-9,11,13,18H,6H2,1-3H3/t7?,8?,9-,11?,13?/m0/s1. The summed E-state index contributed by atoms with van der Waals surface area (Å²) >= 11 is 0. The summed E-state index contributed by atoms with van der Waals surface area (Å²) < 4.78 is 26.9. The fraction of sp³-hybridized carbons (Fsp3) is 0.643. The zero-order chi connectivity index (χ0) is 13.4. The van der Waals surface area contributed by atoms with Gasteiger partial charge in [0.2, 0.25) is 5.95 Å². The first-order valence-corrected chi connectivity index (χ1v) is 6.41. The molecule has 1 aliphatic rings. The van der Waals surface area contributed by atoms with E-state index in [9.17, 15) is 13.9 Å². The summed E-state index contributed by atoms with van der Waals surface area (Å²) in [6.45, 7) is 6.15. The average molecular weight is 255 g/mol. The lowest BCUT2D eigenvalue weighted by Crippen LogP contribution is -2.39. The molecule has 0 radical (unpaired) electrons. The minimum atomic E-state index is -1.08. The van der Waals surface area contributed by atoms with Gasteiger partial charge in [-0.25, -0.2) is 9.37 Å². The van der Waals surface area contributed by atoms with Gasteiger partial charge in [-0.05, 0) is 35.8 Å². The van der Waals surface area contributed by atoms with Gasteiger partial charge in [-0.15, -0.1) is 0 Å². The highest BCUT2D eigenvalue weighted by molar-refractivity contribution is 5.22. The van der Waals surface area contributed by atoms with Gasteiger partial charge in [0.25, 0.3) is 0 Å². The largest absolute Gasteiger partial charge is 0.392 e. The van der Waals surface area contributed by atoms with Crippen LogP contribution in [0, 0.1) is 29.5 Å². The molecule has 2 nitrogen and oxygen atoms in total. The Kier molecular flexibility index (Phi) is 3.66. The summed E-state index contributed by atoms with van der Waals surface area (Å²) in [4.78, 5) is 3.29. The van der Waals surface area contributed by atoms with Crippen molar-refractivity contribution in [1.82, 2.24) is 4.98 Å². The second-order valence-electron chi connectivity index (χ2n) is 5.53. The van der Waals surface area contributed by atoms with Crippen molar-refractivity contribution in [2.45, 2.75) is 39.2 Å². The van der Waals surface area contributed by atoms with Crippen molar-refractivity contribution in [2.24, 2.45) is 17.8 Å². The van der Waals surface area contributed by atoms with Crippen molar-refractivity contribution in [2.75, 3.05) is 0 Å². The molecule has 1 saturated carbocycles. The van der Waals surface area contributed by atoms with Gasteiger partial charge in [0.05, 0.1) is 6.10 Å². The van der Waals surface area contributed by atoms with Crippen molar-refractivity contribution in [3.8, 4) is 0 Å². The van der Waals surface area contributed by atoms with Gasteiger partial charge in [0.1, 0.15) is 0 Å². The Labute approximate surface area is 106 Å². The molecule has 0 aromatic carbocycles. The molecule has 1 N–H and O–H groups in total. The van der Waals surface area contributed by atoms with Gasteiger partial charge in [-0.1, -0.05) is 20.8 Å². The molecule has 4 unspecified atom stereocenters. The van der Waals surface area contributed by atoms with Crippen LogP contribution in [-0.4, -0.2) is 16.2 Å². The van der Waals surface area contributed by atoms with Crippen LogP contribution in [0.5, 0.6) is 0 Å². The first kappa shape index (κ1) is 13.4. The number of nitrogens with zero attached hydrogens (tertiary/aromatic N) is 1. The molecular weight excluding hydrogens is 236 g/mol. The monoisotopic (exact) mass is 255 g/mol. The van der Waals surface area contributed by atoms with Crippen molar-refractivity contribution < 1.29 is 13.9 Å². The number of pyridine rings is 1. The molecule has 1 aromatic heterocycles. The van der Waals surface area contributed by atoms with Crippen LogP contribution in [0.1, 0.15) is 38.7 Å². The Balaban J connectivity index is 2.35. The molecular formula is C14H19F2NO. The zero-order valence-electron chi connectivity index (χ0n) is 10.9. The molecule has 0 spiro atoms. The van der Waals surface area contributed by atoms with E-state index in [4.69, 9.17) is 0 Å². The molecule has 2 rings (SSSR count). The van der Waals surface area contributed by atoms with Crippen LogP contribution in [0.25, 0.3) is 0 Å². The first-order chi connectivity index (χ1) is 8.43. The van der Waals surface area contributed by atoms with E-state index in [1.165, 1.54) is 12.3 Å². The summed E-state index contributed by atoms with van der Waals surface area (Å²) in [5.74, 6) is -1.51. The summed E-state index contributed by atoms with van der Waals surface area (Å²) in [6.07, 6.45) is 1.30. The van der Waals surface area contributed by atoms with E-state index in [1.54, 1.807) is 0 Å². The second kappa shape index (κ2) is 4.92. The van der Waals surface area contributed by atoms with Crippen molar-refractivity contribution in [1.29, 1.82) is 0 Å². The van der Waals surface area contributed by atoms with Crippen LogP contribution in [0.3, 0.4) is 0 Å². The molecule has 1 fully saturated rings. The molecule has 1 heterocycles. The topological polar surface area (TPSA) is 33.1 Å². The fourth-order valence-corrected chi connectivity index (χ4v) is 2.98. The van der Waals surface area contributed by atoms with Crippen LogP contribution in [-0.2, 0) is 0 Å². The Morgan fingerprint density at radius 2 is 1.89 bits per heavy atom. The van der Waals surface area contributed by atoms with E-state index in [-0.39, 0.29) is 17.4 Å². The number of hydrogen-bond donors (Lipinski definition) is 1. The highest BCUT2D eigenvalue weighted by Crippen LogP contribution is 2.43. The molecule has 0 bridgehead atoms. The number of aromatic nitrogens is 1. The Morgan fingerprint density at radius 1 is 1.22 bits per heavy atom. The maximum atomic E-state index is 13.8. The van der Waals surface area contributed by atoms with Gasteiger partial charge in [-0.3, -0.25) is 0 Å². The first-order valence-electron chi connectivity index (χ1n) is 6.41. The van der Waals surface area contributed by atoms with Crippen molar-refractivity contribution in [3.05, 3.63) is 29.6 Å². The van der Waals surface area contributed by atoms with Gasteiger partial charge in [0.15, 0.2) is 5.82 Å².